The van der Waals surface area contributed by atoms with Crippen molar-refractivity contribution in [3.05, 3.63) is 29.3 Å². The van der Waals surface area contributed by atoms with Crippen molar-refractivity contribution >= 4 is 41.5 Å². The van der Waals surface area contributed by atoms with Crippen LogP contribution in [0.1, 0.15) is 32.1 Å². The Morgan fingerprint density at radius 3 is 2.71 bits per heavy atom. The number of rotatable bonds is 3. The summed E-state index contributed by atoms with van der Waals surface area (Å²) in [5, 5.41) is 3.46. The van der Waals surface area contributed by atoms with E-state index in [2.05, 4.69) is 5.32 Å². The highest BCUT2D eigenvalue weighted by atomic mass is 35.5. The van der Waals surface area contributed by atoms with Crippen LogP contribution in [-0.4, -0.2) is 30.4 Å². The normalized spacial score (nSPS) is 26.8. The molecule has 1 aliphatic carbocycles. The van der Waals surface area contributed by atoms with Crippen molar-refractivity contribution in [2.75, 3.05) is 11.4 Å². The number of anilines is 1. The lowest BCUT2D eigenvalue weighted by atomic mass is 9.85. The molecule has 1 saturated carbocycles. The van der Waals surface area contributed by atoms with Crippen LogP contribution in [0.15, 0.2) is 24.3 Å². The maximum absolute atomic E-state index is 12.6. The molecule has 3 unspecified atom stereocenters. The second kappa shape index (κ2) is 8.19. The molecule has 0 aromatic heterocycles. The minimum atomic E-state index is -0.461. The largest absolute Gasteiger partial charge is 0.344 e. The molecule has 0 bridgehead atoms. The van der Waals surface area contributed by atoms with Gasteiger partial charge in [-0.25, -0.2) is 0 Å². The molecule has 1 aromatic carbocycles. The highest BCUT2D eigenvalue weighted by Crippen LogP contribution is 2.29. The molecule has 3 N–H and O–H groups in total. The molecule has 1 aliphatic heterocycles. The predicted octanol–water partition coefficient (Wildman–Crippen LogP) is 2.50. The summed E-state index contributed by atoms with van der Waals surface area (Å²) in [5.74, 6) is -0.202. The Labute approximate surface area is 153 Å². The fourth-order valence-corrected chi connectivity index (χ4v) is 3.72. The van der Waals surface area contributed by atoms with Crippen LogP contribution in [0.4, 0.5) is 5.69 Å². The average molecular weight is 372 g/mol. The summed E-state index contributed by atoms with van der Waals surface area (Å²) in [4.78, 5) is 26.6. The molecule has 24 heavy (non-hydrogen) atoms. The van der Waals surface area contributed by atoms with Gasteiger partial charge in [0.2, 0.25) is 11.8 Å². The Hall–Kier alpha value is -1.30. The van der Waals surface area contributed by atoms with Gasteiger partial charge in [-0.05, 0) is 37.8 Å². The van der Waals surface area contributed by atoms with E-state index in [0.29, 0.717) is 30.1 Å². The third kappa shape index (κ3) is 4.02. The summed E-state index contributed by atoms with van der Waals surface area (Å²) in [5.41, 5.74) is 6.65. The van der Waals surface area contributed by atoms with Crippen molar-refractivity contribution in [1.29, 1.82) is 0 Å². The second-order valence-electron chi connectivity index (χ2n) is 6.41. The number of carbonyl (C=O) groups excluding carboxylic acids is 2. The van der Waals surface area contributed by atoms with E-state index in [1.807, 2.05) is 18.2 Å². The molecule has 3 rings (SSSR count). The molecule has 2 amide bonds. The maximum atomic E-state index is 12.6. The lowest BCUT2D eigenvalue weighted by Crippen LogP contribution is -2.45. The lowest BCUT2D eigenvalue weighted by molar-refractivity contribution is -0.130. The van der Waals surface area contributed by atoms with Gasteiger partial charge in [-0.2, -0.15) is 0 Å². The van der Waals surface area contributed by atoms with E-state index >= 15 is 0 Å². The SMILES string of the molecule is Cl.NC1CCCC(C(=O)NC2CCN(c3ccccc3Cl)C2=O)C1. The van der Waals surface area contributed by atoms with Crippen LogP contribution in [0.2, 0.25) is 5.02 Å². The van der Waals surface area contributed by atoms with Crippen molar-refractivity contribution < 1.29 is 9.59 Å². The summed E-state index contributed by atoms with van der Waals surface area (Å²) >= 11 is 6.17. The van der Waals surface area contributed by atoms with Crippen molar-refractivity contribution in [1.82, 2.24) is 5.32 Å². The fourth-order valence-electron chi connectivity index (χ4n) is 3.48. The summed E-state index contributed by atoms with van der Waals surface area (Å²) in [6.07, 6.45) is 4.13. The smallest absolute Gasteiger partial charge is 0.249 e. The number of halogens is 2. The molecule has 2 aliphatic rings. The summed E-state index contributed by atoms with van der Waals surface area (Å²) in [6, 6.07) is 6.90. The minimum absolute atomic E-state index is 0. The molecule has 7 heteroatoms. The second-order valence-corrected chi connectivity index (χ2v) is 6.82. The van der Waals surface area contributed by atoms with E-state index in [4.69, 9.17) is 17.3 Å². The number of carbonyl (C=O) groups is 2. The van der Waals surface area contributed by atoms with Gasteiger partial charge in [0.25, 0.3) is 0 Å². The number of amides is 2. The van der Waals surface area contributed by atoms with E-state index in [1.54, 1.807) is 11.0 Å². The monoisotopic (exact) mass is 371 g/mol. The first-order valence-corrected chi connectivity index (χ1v) is 8.56. The average Bonchev–Trinajstić information content (AvgIpc) is 2.89. The third-order valence-corrected chi connectivity index (χ3v) is 5.07. The van der Waals surface area contributed by atoms with Gasteiger partial charge in [0.15, 0.2) is 0 Å². The van der Waals surface area contributed by atoms with Gasteiger partial charge in [0.1, 0.15) is 6.04 Å². The number of para-hydroxylation sites is 1. The molecule has 1 saturated heterocycles. The van der Waals surface area contributed by atoms with Gasteiger partial charge in [0, 0.05) is 18.5 Å². The van der Waals surface area contributed by atoms with Crippen LogP contribution in [0.3, 0.4) is 0 Å². The van der Waals surface area contributed by atoms with Crippen LogP contribution in [-0.2, 0) is 9.59 Å². The number of nitrogens with zero attached hydrogens (tertiary/aromatic N) is 1. The molecular formula is C17H23Cl2N3O2. The maximum Gasteiger partial charge on any atom is 0.249 e. The van der Waals surface area contributed by atoms with Gasteiger partial charge in [-0.1, -0.05) is 30.2 Å². The summed E-state index contributed by atoms with van der Waals surface area (Å²) in [7, 11) is 0. The van der Waals surface area contributed by atoms with Gasteiger partial charge in [0.05, 0.1) is 10.7 Å². The summed E-state index contributed by atoms with van der Waals surface area (Å²) < 4.78 is 0. The first kappa shape index (κ1) is 19.0. The molecule has 2 fully saturated rings. The van der Waals surface area contributed by atoms with Crippen LogP contribution in [0.25, 0.3) is 0 Å². The Bertz CT molecular complexity index is 611. The first-order valence-electron chi connectivity index (χ1n) is 8.18. The first-order chi connectivity index (χ1) is 11.1. The highest BCUT2D eigenvalue weighted by molar-refractivity contribution is 6.34. The standard InChI is InChI=1S/C17H22ClN3O2.ClH/c18-13-6-1-2-7-15(13)21-9-8-14(17(21)23)20-16(22)11-4-3-5-12(19)10-11;/h1-2,6-7,11-12,14H,3-5,8-10,19H2,(H,20,22);1H. The van der Waals surface area contributed by atoms with E-state index in [9.17, 15) is 9.59 Å². The number of nitrogens with one attached hydrogen (secondary N) is 1. The van der Waals surface area contributed by atoms with Crippen LogP contribution in [0, 0.1) is 5.92 Å². The minimum Gasteiger partial charge on any atom is -0.344 e. The van der Waals surface area contributed by atoms with Gasteiger partial charge in [-0.3, -0.25) is 9.59 Å². The van der Waals surface area contributed by atoms with E-state index in [1.165, 1.54) is 0 Å². The van der Waals surface area contributed by atoms with Crippen LogP contribution >= 0.6 is 24.0 Å². The third-order valence-electron chi connectivity index (χ3n) is 4.75. The molecule has 1 heterocycles. The number of hydrogen-bond acceptors (Lipinski definition) is 3. The number of hydrogen-bond donors (Lipinski definition) is 2. The summed E-state index contributed by atoms with van der Waals surface area (Å²) in [6.45, 7) is 0.567. The van der Waals surface area contributed by atoms with Crippen molar-refractivity contribution in [2.24, 2.45) is 11.7 Å². The molecule has 1 aromatic rings. The van der Waals surface area contributed by atoms with E-state index in [0.717, 1.165) is 19.3 Å². The molecule has 0 spiro atoms. The van der Waals surface area contributed by atoms with E-state index < -0.39 is 6.04 Å². The predicted molar refractivity (Wildman–Crippen MR) is 97.5 cm³/mol. The highest BCUT2D eigenvalue weighted by Gasteiger charge is 2.36. The van der Waals surface area contributed by atoms with Crippen molar-refractivity contribution in [2.45, 2.75) is 44.2 Å². The van der Waals surface area contributed by atoms with Gasteiger partial charge >= 0.3 is 0 Å². The quantitative estimate of drug-likeness (QED) is 0.856. The lowest BCUT2D eigenvalue weighted by Gasteiger charge is -2.26. The van der Waals surface area contributed by atoms with Crippen LogP contribution < -0.4 is 16.0 Å². The molecule has 3 atom stereocenters. The molecular weight excluding hydrogens is 349 g/mol. The van der Waals surface area contributed by atoms with Gasteiger partial charge in [-0.15, -0.1) is 12.4 Å². The Morgan fingerprint density at radius 2 is 2.00 bits per heavy atom. The Balaban J connectivity index is 0.00000208. The zero-order chi connectivity index (χ0) is 16.4. The Kier molecular flexibility index (Phi) is 6.49. The molecule has 5 nitrogen and oxygen atoms in total. The topological polar surface area (TPSA) is 75.4 Å². The fraction of sp³-hybridized carbons (Fsp3) is 0.529. The number of nitrogens with two attached hydrogens (primary N) is 1. The van der Waals surface area contributed by atoms with Crippen LogP contribution in [0.5, 0.6) is 0 Å². The zero-order valence-electron chi connectivity index (χ0n) is 13.4. The van der Waals surface area contributed by atoms with Crippen molar-refractivity contribution in [3.8, 4) is 0 Å². The van der Waals surface area contributed by atoms with Gasteiger partial charge < -0.3 is 16.0 Å². The Morgan fingerprint density at radius 1 is 1.25 bits per heavy atom. The number of benzene rings is 1. The van der Waals surface area contributed by atoms with Crippen molar-refractivity contribution in [3.63, 3.8) is 0 Å². The molecule has 132 valence electrons. The molecule has 0 radical (unpaired) electrons. The van der Waals surface area contributed by atoms with E-state index in [-0.39, 0.29) is 36.2 Å². The zero-order valence-corrected chi connectivity index (χ0v) is 15.0.